The lowest BCUT2D eigenvalue weighted by Gasteiger charge is -2.66. The lowest BCUT2D eigenvalue weighted by Crippen LogP contribution is -2.75. The van der Waals surface area contributed by atoms with E-state index in [-0.39, 0.29) is 0 Å². The van der Waals surface area contributed by atoms with Gasteiger partial charge in [-0.1, -0.05) is 13.8 Å². The van der Waals surface area contributed by atoms with Crippen molar-refractivity contribution in [3.8, 4) is 0 Å². The Labute approximate surface area is 68.0 Å². The van der Waals surface area contributed by atoms with E-state index in [0.717, 1.165) is 0 Å². The van der Waals surface area contributed by atoms with Crippen molar-refractivity contribution in [2.75, 3.05) is 13.2 Å². The summed E-state index contributed by atoms with van der Waals surface area (Å²) in [7, 11) is 0. The fourth-order valence-electron chi connectivity index (χ4n) is 2.64. The Morgan fingerprint density at radius 1 is 1.55 bits per heavy atom. The first kappa shape index (κ1) is 7.56. The minimum absolute atomic E-state index is 0.319. The van der Waals surface area contributed by atoms with Gasteiger partial charge < -0.3 is 10.4 Å². The minimum Gasteiger partial charge on any atom is -0.396 e. The third kappa shape index (κ3) is 0.695. The molecule has 2 unspecified atom stereocenters. The molecule has 1 aliphatic heterocycles. The summed E-state index contributed by atoms with van der Waals surface area (Å²) in [4.78, 5) is 0. The molecular formula is C9H17NO. The fourth-order valence-corrected chi connectivity index (χ4v) is 2.64. The molecule has 0 aromatic carbocycles. The van der Waals surface area contributed by atoms with Crippen molar-refractivity contribution in [1.82, 2.24) is 5.32 Å². The van der Waals surface area contributed by atoms with Crippen molar-refractivity contribution < 1.29 is 5.11 Å². The molecule has 0 aromatic rings. The van der Waals surface area contributed by atoms with Gasteiger partial charge >= 0.3 is 0 Å². The molecule has 1 saturated carbocycles. The van der Waals surface area contributed by atoms with Crippen LogP contribution >= 0.6 is 0 Å². The standard InChI is InChI=1S/C9H17NO/c1-8(2)7(6-11)5-9(8)3-4-10-9/h7,10-11H,3-6H2,1-2H3. The van der Waals surface area contributed by atoms with Crippen LogP contribution in [0.5, 0.6) is 0 Å². The Kier molecular flexibility index (Phi) is 1.37. The number of aliphatic hydroxyl groups is 1. The maximum Gasteiger partial charge on any atom is 0.0465 e. The second-order valence-corrected chi connectivity index (χ2v) is 4.56. The van der Waals surface area contributed by atoms with Crippen LogP contribution in [0.1, 0.15) is 26.7 Å². The summed E-state index contributed by atoms with van der Waals surface area (Å²) in [6, 6.07) is 0. The van der Waals surface area contributed by atoms with Crippen molar-refractivity contribution in [2.24, 2.45) is 11.3 Å². The van der Waals surface area contributed by atoms with E-state index in [2.05, 4.69) is 19.2 Å². The molecule has 0 aromatic heterocycles. The molecule has 64 valence electrons. The third-order valence-electron chi connectivity index (χ3n) is 4.08. The smallest absolute Gasteiger partial charge is 0.0465 e. The molecular weight excluding hydrogens is 138 g/mol. The maximum absolute atomic E-state index is 9.05. The largest absolute Gasteiger partial charge is 0.396 e. The molecule has 1 heterocycles. The molecule has 0 bridgehead atoms. The summed E-state index contributed by atoms with van der Waals surface area (Å²) >= 11 is 0. The molecule has 2 heteroatoms. The van der Waals surface area contributed by atoms with Crippen LogP contribution in [0, 0.1) is 11.3 Å². The first-order valence-corrected chi connectivity index (χ1v) is 4.48. The number of hydrogen-bond donors (Lipinski definition) is 2. The maximum atomic E-state index is 9.05. The van der Waals surface area contributed by atoms with E-state index >= 15 is 0 Å². The highest BCUT2D eigenvalue weighted by atomic mass is 16.3. The van der Waals surface area contributed by atoms with Crippen LogP contribution < -0.4 is 5.32 Å². The molecule has 0 radical (unpaired) electrons. The molecule has 11 heavy (non-hydrogen) atoms. The number of rotatable bonds is 1. The molecule has 2 atom stereocenters. The van der Waals surface area contributed by atoms with Crippen LogP contribution in [0.25, 0.3) is 0 Å². The van der Waals surface area contributed by atoms with E-state index < -0.39 is 0 Å². The molecule has 2 rings (SSSR count). The van der Waals surface area contributed by atoms with Gasteiger partial charge in [-0.25, -0.2) is 0 Å². The predicted molar refractivity (Wildman–Crippen MR) is 44.3 cm³/mol. The lowest BCUT2D eigenvalue weighted by molar-refractivity contribution is -0.131. The molecule has 1 saturated heterocycles. The van der Waals surface area contributed by atoms with Gasteiger partial charge in [0.1, 0.15) is 0 Å². The highest BCUT2D eigenvalue weighted by molar-refractivity contribution is 5.17. The highest BCUT2D eigenvalue weighted by Gasteiger charge is 2.61. The van der Waals surface area contributed by atoms with Crippen LogP contribution in [0.15, 0.2) is 0 Å². The van der Waals surface area contributed by atoms with Crippen LogP contribution in [0.4, 0.5) is 0 Å². The quantitative estimate of drug-likeness (QED) is 0.586. The molecule has 2 nitrogen and oxygen atoms in total. The molecule has 2 fully saturated rings. The van der Waals surface area contributed by atoms with E-state index in [1.54, 1.807) is 0 Å². The zero-order valence-corrected chi connectivity index (χ0v) is 7.35. The summed E-state index contributed by atoms with van der Waals surface area (Å²) in [5.74, 6) is 0.523. The summed E-state index contributed by atoms with van der Waals surface area (Å²) in [6.07, 6.45) is 2.48. The van der Waals surface area contributed by atoms with Gasteiger partial charge in [0.05, 0.1) is 0 Å². The van der Waals surface area contributed by atoms with Gasteiger partial charge in [0.2, 0.25) is 0 Å². The first-order chi connectivity index (χ1) is 5.12. The van der Waals surface area contributed by atoms with E-state index in [4.69, 9.17) is 5.11 Å². The third-order valence-corrected chi connectivity index (χ3v) is 4.08. The Hall–Kier alpha value is -0.0800. The van der Waals surface area contributed by atoms with Gasteiger partial charge in [-0.2, -0.15) is 0 Å². The van der Waals surface area contributed by atoms with Gasteiger partial charge in [-0.3, -0.25) is 0 Å². The number of hydrogen-bond acceptors (Lipinski definition) is 2. The topological polar surface area (TPSA) is 32.3 Å². The van der Waals surface area contributed by atoms with Crippen LogP contribution in [0.2, 0.25) is 0 Å². The van der Waals surface area contributed by atoms with E-state index in [1.165, 1.54) is 19.4 Å². The molecule has 2 aliphatic rings. The SMILES string of the molecule is CC1(C)C(CO)CC12CCN2. The molecule has 1 spiro atoms. The normalized spacial score (nSPS) is 46.6. The monoisotopic (exact) mass is 155 g/mol. The number of nitrogens with one attached hydrogen (secondary N) is 1. The van der Waals surface area contributed by atoms with Gasteiger partial charge in [0, 0.05) is 12.1 Å². The average molecular weight is 155 g/mol. The first-order valence-electron chi connectivity index (χ1n) is 4.48. The Morgan fingerprint density at radius 2 is 2.18 bits per heavy atom. The average Bonchev–Trinajstić information content (AvgIpc) is 1.83. The van der Waals surface area contributed by atoms with Gasteiger partial charge in [0.15, 0.2) is 0 Å². The van der Waals surface area contributed by atoms with Gasteiger partial charge in [0.25, 0.3) is 0 Å². The van der Waals surface area contributed by atoms with Crippen molar-refractivity contribution in [2.45, 2.75) is 32.2 Å². The second kappa shape index (κ2) is 1.99. The molecule has 2 N–H and O–H groups in total. The second-order valence-electron chi connectivity index (χ2n) is 4.56. The lowest BCUT2D eigenvalue weighted by atomic mass is 9.46. The van der Waals surface area contributed by atoms with Crippen molar-refractivity contribution in [3.63, 3.8) is 0 Å². The van der Waals surface area contributed by atoms with E-state index in [9.17, 15) is 0 Å². The van der Waals surface area contributed by atoms with Crippen LogP contribution in [-0.4, -0.2) is 23.8 Å². The molecule has 1 aliphatic carbocycles. The molecule has 0 amide bonds. The van der Waals surface area contributed by atoms with Crippen molar-refractivity contribution in [3.05, 3.63) is 0 Å². The zero-order valence-electron chi connectivity index (χ0n) is 7.35. The number of aliphatic hydroxyl groups excluding tert-OH is 1. The van der Waals surface area contributed by atoms with Crippen LogP contribution in [-0.2, 0) is 0 Å². The van der Waals surface area contributed by atoms with Crippen molar-refractivity contribution in [1.29, 1.82) is 0 Å². The highest BCUT2D eigenvalue weighted by Crippen LogP contribution is 2.58. The van der Waals surface area contributed by atoms with Gasteiger partial charge in [-0.15, -0.1) is 0 Å². The predicted octanol–water partition coefficient (Wildman–Crippen LogP) is 0.757. The van der Waals surface area contributed by atoms with E-state index in [1.807, 2.05) is 0 Å². The Bertz CT molecular complexity index is 172. The van der Waals surface area contributed by atoms with E-state index in [0.29, 0.717) is 23.5 Å². The minimum atomic E-state index is 0.319. The summed E-state index contributed by atoms with van der Waals surface area (Å²) in [5, 5.41) is 12.5. The Balaban J connectivity index is 2.09. The van der Waals surface area contributed by atoms with Crippen molar-refractivity contribution >= 4 is 0 Å². The zero-order chi connectivity index (χ0) is 8.11. The summed E-state index contributed by atoms with van der Waals surface area (Å²) in [6.45, 7) is 6.06. The van der Waals surface area contributed by atoms with Crippen LogP contribution in [0.3, 0.4) is 0 Å². The Morgan fingerprint density at radius 3 is 2.45 bits per heavy atom. The summed E-state index contributed by atoms with van der Waals surface area (Å²) < 4.78 is 0. The summed E-state index contributed by atoms with van der Waals surface area (Å²) in [5.41, 5.74) is 0.723. The van der Waals surface area contributed by atoms with Gasteiger partial charge in [-0.05, 0) is 30.7 Å². The fraction of sp³-hybridized carbons (Fsp3) is 1.00.